The zero-order chi connectivity index (χ0) is 39.8. The maximum atomic E-state index is 5.20. The molecule has 0 radical (unpaired) electrons. The van der Waals surface area contributed by atoms with E-state index in [0.29, 0.717) is 17.5 Å². The van der Waals surface area contributed by atoms with Gasteiger partial charge in [0, 0.05) is 16.7 Å². The fourth-order valence-corrected chi connectivity index (χ4v) is 8.42. The van der Waals surface area contributed by atoms with Crippen LogP contribution in [0.5, 0.6) is 0 Å². The van der Waals surface area contributed by atoms with Gasteiger partial charge in [-0.3, -0.25) is 0 Å². The van der Waals surface area contributed by atoms with Gasteiger partial charge in [-0.05, 0) is 101 Å². The van der Waals surface area contributed by atoms with Crippen LogP contribution >= 0.6 is 0 Å². The first-order valence-corrected chi connectivity index (χ1v) is 20.3. The van der Waals surface area contributed by atoms with Gasteiger partial charge >= 0.3 is 0 Å². The molecule has 0 aliphatic rings. The molecule has 280 valence electrons. The van der Waals surface area contributed by atoms with E-state index in [2.05, 4.69) is 224 Å². The molecule has 0 bridgehead atoms. The fraction of sp³-hybridized carbons (Fsp3) is 0. The summed E-state index contributed by atoms with van der Waals surface area (Å²) in [6, 6.07) is 79.6. The summed E-state index contributed by atoms with van der Waals surface area (Å²) in [5.74, 6) is 1.88. The van der Waals surface area contributed by atoms with Crippen molar-refractivity contribution in [1.82, 2.24) is 15.0 Å². The van der Waals surface area contributed by atoms with Gasteiger partial charge in [0.15, 0.2) is 17.5 Å². The van der Waals surface area contributed by atoms with E-state index in [0.717, 1.165) is 44.2 Å². The van der Waals surface area contributed by atoms with Gasteiger partial charge < -0.3 is 0 Å². The summed E-state index contributed by atoms with van der Waals surface area (Å²) in [5.41, 5.74) is 12.1. The summed E-state index contributed by atoms with van der Waals surface area (Å²) >= 11 is 0. The van der Waals surface area contributed by atoms with E-state index >= 15 is 0 Å². The molecule has 0 spiro atoms. The third-order valence-corrected chi connectivity index (χ3v) is 11.5. The van der Waals surface area contributed by atoms with Gasteiger partial charge in [-0.15, -0.1) is 0 Å². The van der Waals surface area contributed by atoms with E-state index in [1.807, 2.05) is 0 Å². The maximum Gasteiger partial charge on any atom is 0.164 e. The van der Waals surface area contributed by atoms with Crippen molar-refractivity contribution in [3.05, 3.63) is 224 Å². The second-order valence-electron chi connectivity index (χ2n) is 15.2. The standard InChI is InChI=1S/C57H37N3/c1-2-12-38(13-3-1)44-30-31-46-36-50(33-32-45(46)34-44)57-59-55(58-56(60-57)49-21-9-19-47(37-49)54-25-11-17-41-15-5-7-23-52(41)54)48-20-8-18-43(35-48)39-26-28-42(29-27-39)53-24-10-16-40-14-4-6-22-51(40)53/h1-37H. The van der Waals surface area contributed by atoms with Gasteiger partial charge in [-0.25, -0.2) is 15.0 Å². The van der Waals surface area contributed by atoms with Crippen molar-refractivity contribution in [2.24, 2.45) is 0 Å². The summed E-state index contributed by atoms with van der Waals surface area (Å²) < 4.78 is 0. The average molecular weight is 764 g/mol. The van der Waals surface area contributed by atoms with Crippen LogP contribution in [0.2, 0.25) is 0 Å². The number of fused-ring (bicyclic) bond motifs is 3. The van der Waals surface area contributed by atoms with Gasteiger partial charge in [0.05, 0.1) is 0 Å². The molecule has 0 aliphatic heterocycles. The Bertz CT molecular complexity index is 3360. The van der Waals surface area contributed by atoms with Crippen LogP contribution in [0.25, 0.3) is 111 Å². The Morgan fingerprint density at radius 2 is 0.567 bits per heavy atom. The minimum Gasteiger partial charge on any atom is -0.208 e. The van der Waals surface area contributed by atoms with E-state index in [1.165, 1.54) is 49.4 Å². The third kappa shape index (κ3) is 6.68. The van der Waals surface area contributed by atoms with Crippen LogP contribution in [-0.4, -0.2) is 15.0 Å². The summed E-state index contributed by atoms with van der Waals surface area (Å²) in [5, 5.41) is 7.20. The summed E-state index contributed by atoms with van der Waals surface area (Å²) in [4.78, 5) is 15.6. The summed E-state index contributed by atoms with van der Waals surface area (Å²) in [6.45, 7) is 0. The van der Waals surface area contributed by atoms with Gasteiger partial charge in [0.2, 0.25) is 0 Å². The van der Waals surface area contributed by atoms with Crippen molar-refractivity contribution in [2.45, 2.75) is 0 Å². The van der Waals surface area contributed by atoms with Crippen LogP contribution in [0.15, 0.2) is 224 Å². The topological polar surface area (TPSA) is 38.7 Å². The second-order valence-corrected chi connectivity index (χ2v) is 15.2. The molecule has 0 saturated carbocycles. The van der Waals surface area contributed by atoms with E-state index in [9.17, 15) is 0 Å². The molecule has 0 saturated heterocycles. The van der Waals surface area contributed by atoms with Crippen LogP contribution in [0, 0.1) is 0 Å². The SMILES string of the molecule is c1ccc(-c2ccc3cc(-c4nc(-c5cccc(-c6ccc(-c7cccc8ccccc78)cc6)c5)nc(-c5cccc(-c6cccc7ccccc67)c5)n4)ccc3c2)cc1. The Balaban J connectivity index is 1.01. The van der Waals surface area contributed by atoms with E-state index < -0.39 is 0 Å². The molecule has 0 N–H and O–H groups in total. The molecule has 0 amide bonds. The lowest BCUT2D eigenvalue weighted by Crippen LogP contribution is -2.00. The lowest BCUT2D eigenvalue weighted by molar-refractivity contribution is 1.07. The smallest absolute Gasteiger partial charge is 0.164 e. The number of nitrogens with zero attached hydrogens (tertiary/aromatic N) is 3. The van der Waals surface area contributed by atoms with Gasteiger partial charge in [-0.1, -0.05) is 200 Å². The third-order valence-electron chi connectivity index (χ3n) is 11.5. The van der Waals surface area contributed by atoms with Gasteiger partial charge in [0.25, 0.3) is 0 Å². The molecular weight excluding hydrogens is 727 g/mol. The first-order chi connectivity index (χ1) is 29.7. The largest absolute Gasteiger partial charge is 0.208 e. The van der Waals surface area contributed by atoms with E-state index in [-0.39, 0.29) is 0 Å². The number of hydrogen-bond acceptors (Lipinski definition) is 3. The maximum absolute atomic E-state index is 5.20. The molecule has 3 nitrogen and oxygen atoms in total. The number of benzene rings is 10. The molecule has 0 fully saturated rings. The predicted octanol–water partition coefficient (Wildman–Crippen LogP) is 15.0. The predicted molar refractivity (Wildman–Crippen MR) is 250 cm³/mol. The van der Waals surface area contributed by atoms with Crippen LogP contribution in [-0.2, 0) is 0 Å². The molecule has 0 unspecified atom stereocenters. The lowest BCUT2D eigenvalue weighted by Gasteiger charge is -2.12. The van der Waals surface area contributed by atoms with Crippen molar-refractivity contribution in [3.63, 3.8) is 0 Å². The fourth-order valence-electron chi connectivity index (χ4n) is 8.42. The first-order valence-electron chi connectivity index (χ1n) is 20.3. The highest BCUT2D eigenvalue weighted by atomic mass is 15.0. The quantitative estimate of drug-likeness (QED) is 0.162. The normalized spacial score (nSPS) is 11.3. The van der Waals surface area contributed by atoms with Crippen molar-refractivity contribution >= 4 is 32.3 Å². The Labute approximate surface area is 349 Å². The molecule has 0 atom stereocenters. The highest BCUT2D eigenvalue weighted by molar-refractivity contribution is 5.98. The highest BCUT2D eigenvalue weighted by Crippen LogP contribution is 2.35. The van der Waals surface area contributed by atoms with Crippen LogP contribution in [0.3, 0.4) is 0 Å². The van der Waals surface area contributed by atoms with Crippen molar-refractivity contribution in [2.75, 3.05) is 0 Å². The molecule has 10 aromatic carbocycles. The summed E-state index contributed by atoms with van der Waals surface area (Å²) in [6.07, 6.45) is 0. The molecule has 0 aliphatic carbocycles. The molecule has 3 heteroatoms. The van der Waals surface area contributed by atoms with Crippen LogP contribution < -0.4 is 0 Å². The number of rotatable bonds is 7. The van der Waals surface area contributed by atoms with E-state index in [1.54, 1.807) is 0 Å². The molecule has 1 aromatic heterocycles. The molecule has 60 heavy (non-hydrogen) atoms. The zero-order valence-electron chi connectivity index (χ0n) is 32.7. The van der Waals surface area contributed by atoms with Gasteiger partial charge in [0.1, 0.15) is 0 Å². The van der Waals surface area contributed by atoms with Crippen molar-refractivity contribution in [3.8, 4) is 78.7 Å². The highest BCUT2D eigenvalue weighted by Gasteiger charge is 2.15. The number of hydrogen-bond donors (Lipinski definition) is 0. The zero-order valence-corrected chi connectivity index (χ0v) is 32.7. The lowest BCUT2D eigenvalue weighted by atomic mass is 9.96. The molecule has 1 heterocycles. The Hall–Kier alpha value is -8.01. The minimum atomic E-state index is 0.624. The summed E-state index contributed by atoms with van der Waals surface area (Å²) in [7, 11) is 0. The Morgan fingerprint density at radius 3 is 1.20 bits per heavy atom. The monoisotopic (exact) mass is 763 g/mol. The van der Waals surface area contributed by atoms with Crippen LogP contribution in [0.1, 0.15) is 0 Å². The van der Waals surface area contributed by atoms with Crippen molar-refractivity contribution in [1.29, 1.82) is 0 Å². The van der Waals surface area contributed by atoms with Gasteiger partial charge in [-0.2, -0.15) is 0 Å². The Morgan fingerprint density at radius 1 is 0.200 bits per heavy atom. The molecular formula is C57H37N3. The minimum absolute atomic E-state index is 0.624. The first kappa shape index (κ1) is 35.2. The Kier molecular flexibility index (Phi) is 8.83. The van der Waals surface area contributed by atoms with Crippen molar-refractivity contribution < 1.29 is 0 Å². The van der Waals surface area contributed by atoms with E-state index in [4.69, 9.17) is 15.0 Å². The average Bonchev–Trinajstić information content (AvgIpc) is 3.33. The molecule has 11 aromatic rings. The number of aromatic nitrogens is 3. The van der Waals surface area contributed by atoms with Crippen LogP contribution in [0.4, 0.5) is 0 Å². The second kappa shape index (κ2) is 15.1. The molecule has 11 rings (SSSR count).